The van der Waals surface area contributed by atoms with E-state index in [-0.39, 0.29) is 10.8 Å². The van der Waals surface area contributed by atoms with Crippen LogP contribution < -0.4 is 4.90 Å². The highest BCUT2D eigenvalue weighted by Gasteiger charge is 2.27. The van der Waals surface area contributed by atoms with Gasteiger partial charge >= 0.3 is 0 Å². The van der Waals surface area contributed by atoms with Crippen LogP contribution in [0.3, 0.4) is 0 Å². The number of nitrogens with zero attached hydrogens (tertiary/aromatic N) is 2. The Labute approximate surface area is 424 Å². The van der Waals surface area contributed by atoms with Gasteiger partial charge in [-0.2, -0.15) is 0 Å². The molecule has 72 heavy (non-hydrogen) atoms. The Kier molecular flexibility index (Phi) is 11.0. The molecule has 2 heteroatoms. The molecule has 0 atom stereocenters. The van der Waals surface area contributed by atoms with Crippen LogP contribution in [-0.2, 0) is 10.8 Å². The molecule has 0 aliphatic carbocycles. The van der Waals surface area contributed by atoms with Crippen molar-refractivity contribution in [1.29, 1.82) is 0 Å². The molecule has 12 rings (SSSR count). The minimum Gasteiger partial charge on any atom is -0.309 e. The average Bonchev–Trinajstić information content (AvgIpc) is 3.75. The van der Waals surface area contributed by atoms with Crippen LogP contribution in [0.2, 0.25) is 0 Å². The minimum atomic E-state index is -0.0672. The lowest BCUT2D eigenvalue weighted by molar-refractivity contribution is 0.569. The first-order chi connectivity index (χ1) is 35.0. The highest BCUT2D eigenvalue weighted by atomic mass is 15.1. The van der Waals surface area contributed by atoms with Gasteiger partial charge in [0.05, 0.1) is 16.7 Å². The van der Waals surface area contributed by atoms with Gasteiger partial charge in [-0.3, -0.25) is 0 Å². The van der Waals surface area contributed by atoms with Gasteiger partial charge in [0.15, 0.2) is 0 Å². The number of hydrogen-bond donors (Lipinski definition) is 0. The van der Waals surface area contributed by atoms with Gasteiger partial charge in [0, 0.05) is 38.6 Å². The second kappa shape index (κ2) is 17.7. The number of hydrogen-bond acceptors (Lipinski definition) is 1. The van der Waals surface area contributed by atoms with Gasteiger partial charge in [-0.1, -0.05) is 224 Å². The van der Waals surface area contributed by atoms with E-state index in [2.05, 4.69) is 294 Å². The lowest BCUT2D eigenvalue weighted by Gasteiger charge is -2.31. The molecule has 0 saturated heterocycles. The third-order valence-electron chi connectivity index (χ3n) is 14.6. The average molecular weight is 927 g/mol. The number of anilines is 3. The number of aromatic nitrogens is 1. The van der Waals surface area contributed by atoms with Gasteiger partial charge in [0.25, 0.3) is 0 Å². The molecule has 0 fully saturated rings. The zero-order valence-electron chi connectivity index (χ0n) is 42.0. The SMILES string of the molecule is CC(C)(C)c1cc(-c2c3cc(-c4ccccc4)ccc3c(N(c3ccc(-c4ccccc4)cc3)c3ccc4c(c3)c3ccccc3n4-c3ccccc3)c3cc(-c4ccccc4)ccc23)cc(C(C)(C)C)c1. The summed E-state index contributed by atoms with van der Waals surface area (Å²) in [5.74, 6) is 0. The Hall–Kier alpha value is -8.46. The van der Waals surface area contributed by atoms with E-state index in [1.807, 2.05) is 0 Å². The molecule has 0 saturated carbocycles. The van der Waals surface area contributed by atoms with Gasteiger partial charge in [-0.15, -0.1) is 0 Å². The zero-order chi connectivity index (χ0) is 49.1. The van der Waals surface area contributed by atoms with Crippen molar-refractivity contribution >= 4 is 60.4 Å². The van der Waals surface area contributed by atoms with E-state index in [9.17, 15) is 0 Å². The lowest BCUT2D eigenvalue weighted by Crippen LogP contribution is -2.16. The van der Waals surface area contributed by atoms with Crippen LogP contribution in [0.25, 0.3) is 93.5 Å². The van der Waals surface area contributed by atoms with Gasteiger partial charge < -0.3 is 9.47 Å². The third kappa shape index (κ3) is 8.04. The van der Waals surface area contributed by atoms with Crippen LogP contribution in [-0.4, -0.2) is 4.57 Å². The fourth-order valence-electron chi connectivity index (χ4n) is 10.8. The summed E-state index contributed by atoms with van der Waals surface area (Å²) in [7, 11) is 0. The molecule has 1 aromatic heterocycles. The smallest absolute Gasteiger partial charge is 0.0619 e. The number of para-hydroxylation sites is 2. The molecule has 0 spiro atoms. The van der Waals surface area contributed by atoms with Crippen molar-refractivity contribution in [2.45, 2.75) is 52.4 Å². The Morgan fingerprint density at radius 2 is 0.750 bits per heavy atom. The largest absolute Gasteiger partial charge is 0.309 e. The molecule has 348 valence electrons. The van der Waals surface area contributed by atoms with E-state index in [4.69, 9.17) is 0 Å². The Morgan fingerprint density at radius 1 is 0.292 bits per heavy atom. The minimum absolute atomic E-state index is 0.0672. The molecule has 0 unspecified atom stereocenters. The van der Waals surface area contributed by atoms with Gasteiger partial charge in [-0.25, -0.2) is 0 Å². The highest BCUT2D eigenvalue weighted by Crippen LogP contribution is 2.51. The summed E-state index contributed by atoms with van der Waals surface area (Å²) < 4.78 is 2.40. The van der Waals surface area contributed by atoms with Crippen molar-refractivity contribution < 1.29 is 0 Å². The molecule has 0 N–H and O–H groups in total. The molecule has 11 aromatic carbocycles. The van der Waals surface area contributed by atoms with E-state index in [0.717, 1.165) is 22.7 Å². The topological polar surface area (TPSA) is 8.17 Å². The summed E-state index contributed by atoms with van der Waals surface area (Å²) in [6.07, 6.45) is 0. The predicted molar refractivity (Wildman–Crippen MR) is 310 cm³/mol. The summed E-state index contributed by atoms with van der Waals surface area (Å²) in [6.45, 7) is 14.0. The highest BCUT2D eigenvalue weighted by molar-refractivity contribution is 6.24. The lowest BCUT2D eigenvalue weighted by atomic mass is 9.77. The summed E-state index contributed by atoms with van der Waals surface area (Å²) in [4.78, 5) is 2.54. The van der Waals surface area contributed by atoms with Crippen LogP contribution >= 0.6 is 0 Å². The van der Waals surface area contributed by atoms with E-state index in [1.165, 1.54) is 99.0 Å². The predicted octanol–water partition coefficient (Wildman–Crippen LogP) is 19.8. The molecule has 0 radical (unpaired) electrons. The molecule has 1 heterocycles. The molecule has 2 nitrogen and oxygen atoms in total. The van der Waals surface area contributed by atoms with E-state index in [0.29, 0.717) is 0 Å². The van der Waals surface area contributed by atoms with Gasteiger partial charge in [-0.05, 0) is 138 Å². The maximum atomic E-state index is 2.54. The summed E-state index contributed by atoms with van der Waals surface area (Å²) in [6, 6.07) is 90.0. The Balaban J connectivity index is 1.23. The van der Waals surface area contributed by atoms with Crippen LogP contribution in [0.15, 0.2) is 243 Å². The van der Waals surface area contributed by atoms with Gasteiger partial charge in [0.1, 0.15) is 0 Å². The molecular formula is C70H58N2. The monoisotopic (exact) mass is 926 g/mol. The number of rotatable bonds is 8. The first-order valence-corrected chi connectivity index (χ1v) is 25.3. The second-order valence-electron chi connectivity index (χ2n) is 21.4. The zero-order valence-corrected chi connectivity index (χ0v) is 42.0. The van der Waals surface area contributed by atoms with Crippen LogP contribution in [0.5, 0.6) is 0 Å². The fourth-order valence-corrected chi connectivity index (χ4v) is 10.8. The number of fused-ring (bicyclic) bond motifs is 5. The molecule has 0 aliphatic heterocycles. The van der Waals surface area contributed by atoms with Crippen molar-refractivity contribution in [2.24, 2.45) is 0 Å². The first kappa shape index (κ1) is 44.7. The van der Waals surface area contributed by atoms with Crippen molar-refractivity contribution in [1.82, 2.24) is 4.57 Å². The standard InChI is InChI=1S/C70H58N2/c1-69(2,3)54-41-53(42-55(45-54)70(4,5)6)67-60-38-33-52(49-25-15-9-16-26-49)44-64(60)68(61-39-34-51(43-63(61)67)48-23-13-8-14-24-48)71(57-35-31-50(32-36-57)47-21-11-7-12-22-47)58-37-40-66-62(46-58)59-29-19-20-30-65(59)72(66)56-27-17-10-18-28-56/h7-46H,1-6H3. The van der Waals surface area contributed by atoms with Crippen molar-refractivity contribution in [2.75, 3.05) is 4.90 Å². The van der Waals surface area contributed by atoms with E-state index >= 15 is 0 Å². The van der Waals surface area contributed by atoms with Crippen molar-refractivity contribution in [3.63, 3.8) is 0 Å². The van der Waals surface area contributed by atoms with Crippen molar-refractivity contribution in [3.8, 4) is 50.2 Å². The van der Waals surface area contributed by atoms with Crippen molar-refractivity contribution in [3.05, 3.63) is 254 Å². The van der Waals surface area contributed by atoms with E-state index < -0.39 is 0 Å². The first-order valence-electron chi connectivity index (χ1n) is 25.3. The Bertz CT molecular complexity index is 3920. The van der Waals surface area contributed by atoms with Gasteiger partial charge in [0.2, 0.25) is 0 Å². The maximum absolute atomic E-state index is 2.54. The summed E-state index contributed by atoms with van der Waals surface area (Å²) >= 11 is 0. The molecule has 12 aromatic rings. The normalized spacial score (nSPS) is 12.0. The molecule has 0 aliphatic rings. The van der Waals surface area contributed by atoms with Crippen LogP contribution in [0.4, 0.5) is 17.1 Å². The fraction of sp³-hybridized carbons (Fsp3) is 0.114. The quantitative estimate of drug-likeness (QED) is 0.138. The van der Waals surface area contributed by atoms with E-state index in [1.54, 1.807) is 0 Å². The second-order valence-corrected chi connectivity index (χ2v) is 21.4. The molecule has 0 amide bonds. The maximum Gasteiger partial charge on any atom is 0.0619 e. The van der Waals surface area contributed by atoms with Crippen LogP contribution in [0, 0.1) is 0 Å². The molecular weight excluding hydrogens is 869 g/mol. The van der Waals surface area contributed by atoms with Crippen LogP contribution in [0.1, 0.15) is 52.7 Å². The number of benzene rings is 11. The Morgan fingerprint density at radius 3 is 1.33 bits per heavy atom. The summed E-state index contributed by atoms with van der Waals surface area (Å²) in [5.41, 5.74) is 18.9. The molecule has 0 bridgehead atoms. The summed E-state index contributed by atoms with van der Waals surface area (Å²) in [5, 5.41) is 7.21. The third-order valence-corrected chi connectivity index (χ3v) is 14.6.